The van der Waals surface area contributed by atoms with Gasteiger partial charge in [0.15, 0.2) is 0 Å². The number of carbonyl (C=O) groups is 1. The van der Waals surface area contributed by atoms with E-state index in [2.05, 4.69) is 9.97 Å². The van der Waals surface area contributed by atoms with E-state index >= 15 is 0 Å². The molecule has 0 unspecified atom stereocenters. The average Bonchev–Trinajstić information content (AvgIpc) is 2.87. The van der Waals surface area contributed by atoms with E-state index in [9.17, 15) is 20.0 Å². The Bertz CT molecular complexity index is 854. The number of carboxylic acid groups (broad SMARTS) is 1. The van der Waals surface area contributed by atoms with Crippen molar-refractivity contribution < 1.29 is 14.8 Å². The Balaban J connectivity index is 2.20. The molecule has 0 bridgehead atoms. The Morgan fingerprint density at radius 3 is 2.71 bits per heavy atom. The van der Waals surface area contributed by atoms with Crippen LogP contribution in [0.4, 0.5) is 5.82 Å². The number of fused-ring (bicyclic) bond motifs is 1. The maximum atomic E-state index is 11.2. The van der Waals surface area contributed by atoms with Crippen molar-refractivity contribution in [2.24, 2.45) is 0 Å². The van der Waals surface area contributed by atoms with E-state index in [4.69, 9.17) is 0 Å². The highest BCUT2D eigenvalue weighted by Gasteiger charge is 2.18. The molecule has 8 nitrogen and oxygen atoms in total. The van der Waals surface area contributed by atoms with Gasteiger partial charge in [-0.05, 0) is 28.1 Å². The van der Waals surface area contributed by atoms with Gasteiger partial charge in [-0.2, -0.15) is 0 Å². The van der Waals surface area contributed by atoms with Crippen molar-refractivity contribution in [3.63, 3.8) is 0 Å². The average molecular weight is 284 g/mol. The predicted octanol–water partition coefficient (Wildman–Crippen LogP) is 2.00. The molecule has 0 aliphatic heterocycles. The Morgan fingerprint density at radius 2 is 2.10 bits per heavy atom. The number of aromatic nitrogens is 3. The van der Waals surface area contributed by atoms with E-state index in [1.807, 2.05) is 0 Å². The molecule has 0 saturated carbocycles. The monoisotopic (exact) mass is 284 g/mol. The summed E-state index contributed by atoms with van der Waals surface area (Å²) in [6, 6.07) is 7.91. The predicted molar refractivity (Wildman–Crippen MR) is 72.0 cm³/mol. The van der Waals surface area contributed by atoms with E-state index in [-0.39, 0.29) is 11.6 Å². The standard InChI is InChI=1S/C13H8N4O4/c18-13(19)12-15-11(9-3-1-2-6-16(9)12)8-4-5-10(14-7-8)17(20)21/h1-7H,(H,18,19). The van der Waals surface area contributed by atoms with Crippen molar-refractivity contribution in [2.45, 2.75) is 0 Å². The minimum absolute atomic E-state index is 0.126. The lowest BCUT2D eigenvalue weighted by Crippen LogP contribution is -2.02. The number of imidazole rings is 1. The fourth-order valence-electron chi connectivity index (χ4n) is 2.04. The first-order valence-corrected chi connectivity index (χ1v) is 5.89. The van der Waals surface area contributed by atoms with Crippen LogP contribution in [-0.2, 0) is 0 Å². The number of hydrogen-bond donors (Lipinski definition) is 1. The van der Waals surface area contributed by atoms with Crippen molar-refractivity contribution in [3.05, 3.63) is 58.7 Å². The number of nitro groups is 1. The number of aromatic carboxylic acids is 1. The summed E-state index contributed by atoms with van der Waals surface area (Å²) in [5.74, 6) is -1.56. The molecule has 3 aromatic rings. The molecule has 104 valence electrons. The molecule has 0 amide bonds. The minimum Gasteiger partial charge on any atom is -0.475 e. The van der Waals surface area contributed by atoms with Gasteiger partial charge in [-0.25, -0.2) is 9.78 Å². The molecular formula is C13H8N4O4. The SMILES string of the molecule is O=C(O)c1nc(-c2ccc([N+](=O)[O-])nc2)c2ccccn12. The minimum atomic E-state index is -1.16. The fourth-order valence-corrected chi connectivity index (χ4v) is 2.04. The Morgan fingerprint density at radius 1 is 1.29 bits per heavy atom. The lowest BCUT2D eigenvalue weighted by atomic mass is 10.2. The van der Waals surface area contributed by atoms with Crippen LogP contribution < -0.4 is 0 Å². The molecule has 3 heterocycles. The summed E-state index contributed by atoms with van der Waals surface area (Å²) >= 11 is 0. The van der Waals surface area contributed by atoms with Crippen molar-refractivity contribution in [2.75, 3.05) is 0 Å². The molecule has 0 aliphatic rings. The number of carboxylic acids is 1. The zero-order chi connectivity index (χ0) is 15.0. The van der Waals surface area contributed by atoms with Gasteiger partial charge in [0.25, 0.3) is 0 Å². The van der Waals surface area contributed by atoms with Crippen LogP contribution in [0.5, 0.6) is 0 Å². The fraction of sp³-hybridized carbons (Fsp3) is 0. The van der Waals surface area contributed by atoms with Gasteiger partial charge in [-0.3, -0.25) is 4.40 Å². The Hall–Kier alpha value is -3.29. The maximum absolute atomic E-state index is 11.2. The molecule has 0 spiro atoms. The van der Waals surface area contributed by atoms with Gasteiger partial charge in [0.2, 0.25) is 5.82 Å². The normalized spacial score (nSPS) is 10.7. The summed E-state index contributed by atoms with van der Waals surface area (Å²) in [5, 5.41) is 19.8. The smallest absolute Gasteiger partial charge is 0.372 e. The van der Waals surface area contributed by atoms with E-state index in [0.29, 0.717) is 16.8 Å². The summed E-state index contributed by atoms with van der Waals surface area (Å²) in [7, 11) is 0. The van der Waals surface area contributed by atoms with E-state index < -0.39 is 10.9 Å². The van der Waals surface area contributed by atoms with E-state index in [0.717, 1.165) is 0 Å². The molecule has 0 atom stereocenters. The van der Waals surface area contributed by atoms with Crippen molar-refractivity contribution in [1.29, 1.82) is 0 Å². The maximum Gasteiger partial charge on any atom is 0.372 e. The van der Waals surface area contributed by atoms with Crippen LogP contribution in [-0.4, -0.2) is 30.4 Å². The second-order valence-corrected chi connectivity index (χ2v) is 4.21. The van der Waals surface area contributed by atoms with Crippen molar-refractivity contribution >= 4 is 17.3 Å². The molecule has 1 N–H and O–H groups in total. The summed E-state index contributed by atoms with van der Waals surface area (Å²) in [4.78, 5) is 29.0. The number of nitrogens with zero attached hydrogens (tertiary/aromatic N) is 4. The van der Waals surface area contributed by atoms with Crippen molar-refractivity contribution in [1.82, 2.24) is 14.4 Å². The lowest BCUT2D eigenvalue weighted by molar-refractivity contribution is -0.389. The quantitative estimate of drug-likeness (QED) is 0.581. The van der Waals surface area contributed by atoms with Gasteiger partial charge in [0.05, 0.1) is 5.52 Å². The number of pyridine rings is 2. The highest BCUT2D eigenvalue weighted by atomic mass is 16.6. The molecule has 0 aromatic carbocycles. The topological polar surface area (TPSA) is 111 Å². The highest BCUT2D eigenvalue weighted by molar-refractivity contribution is 5.89. The van der Waals surface area contributed by atoms with Crippen LogP contribution in [0.2, 0.25) is 0 Å². The van der Waals surface area contributed by atoms with Crippen molar-refractivity contribution in [3.8, 4) is 11.3 Å². The second-order valence-electron chi connectivity index (χ2n) is 4.21. The number of rotatable bonds is 3. The zero-order valence-corrected chi connectivity index (χ0v) is 10.5. The van der Waals surface area contributed by atoms with Crippen LogP contribution >= 0.6 is 0 Å². The lowest BCUT2D eigenvalue weighted by Gasteiger charge is -1.97. The molecule has 3 aromatic heterocycles. The molecule has 0 aliphatic carbocycles. The van der Waals surface area contributed by atoms with Gasteiger partial charge in [-0.1, -0.05) is 6.07 Å². The van der Waals surface area contributed by atoms with Crippen LogP contribution in [0.25, 0.3) is 16.8 Å². The van der Waals surface area contributed by atoms with E-state index in [1.165, 1.54) is 22.7 Å². The summed E-state index contributed by atoms with van der Waals surface area (Å²) < 4.78 is 1.44. The molecule has 8 heteroatoms. The van der Waals surface area contributed by atoms with E-state index in [1.54, 1.807) is 24.4 Å². The molecule has 3 rings (SSSR count). The van der Waals surface area contributed by atoms with Gasteiger partial charge in [0, 0.05) is 17.8 Å². The largest absolute Gasteiger partial charge is 0.475 e. The molecule has 0 radical (unpaired) electrons. The third-order valence-electron chi connectivity index (χ3n) is 2.95. The van der Waals surface area contributed by atoms with Crippen LogP contribution in [0.1, 0.15) is 10.6 Å². The van der Waals surface area contributed by atoms with Gasteiger partial charge in [-0.15, -0.1) is 0 Å². The summed E-state index contributed by atoms with van der Waals surface area (Å²) in [5.41, 5.74) is 1.51. The highest BCUT2D eigenvalue weighted by Crippen LogP contribution is 2.25. The molecule has 0 saturated heterocycles. The van der Waals surface area contributed by atoms with Crippen LogP contribution in [0.3, 0.4) is 0 Å². The molecule has 0 fully saturated rings. The van der Waals surface area contributed by atoms with Crippen LogP contribution in [0.15, 0.2) is 42.7 Å². The first kappa shape index (κ1) is 12.7. The van der Waals surface area contributed by atoms with Gasteiger partial charge in [0.1, 0.15) is 11.9 Å². The summed E-state index contributed by atoms with van der Waals surface area (Å²) in [6.45, 7) is 0. The van der Waals surface area contributed by atoms with Gasteiger partial charge >= 0.3 is 11.8 Å². The third-order valence-corrected chi connectivity index (χ3v) is 2.95. The zero-order valence-electron chi connectivity index (χ0n) is 10.5. The number of hydrogen-bond acceptors (Lipinski definition) is 5. The Labute approximate surface area is 117 Å². The first-order valence-electron chi connectivity index (χ1n) is 5.89. The Kier molecular flexibility index (Phi) is 2.83. The second kappa shape index (κ2) is 4.67. The molecular weight excluding hydrogens is 276 g/mol. The van der Waals surface area contributed by atoms with Gasteiger partial charge < -0.3 is 15.2 Å². The third kappa shape index (κ3) is 2.08. The summed E-state index contributed by atoms with van der Waals surface area (Å²) in [6.07, 6.45) is 2.90. The first-order chi connectivity index (χ1) is 10.1. The molecule has 21 heavy (non-hydrogen) atoms. The van der Waals surface area contributed by atoms with Crippen LogP contribution in [0, 0.1) is 10.1 Å².